The maximum absolute atomic E-state index is 11.3. The lowest BCUT2D eigenvalue weighted by Crippen LogP contribution is -2.05. The van der Waals surface area contributed by atoms with E-state index < -0.39 is 5.97 Å². The summed E-state index contributed by atoms with van der Waals surface area (Å²) in [4.78, 5) is 11.3. The molecule has 0 amide bonds. The summed E-state index contributed by atoms with van der Waals surface area (Å²) in [6, 6.07) is 8.80. The van der Waals surface area contributed by atoms with Gasteiger partial charge >= 0.3 is 5.97 Å². The fraction of sp³-hybridized carbons (Fsp3) is 0.158. The van der Waals surface area contributed by atoms with E-state index in [4.69, 9.17) is 28.5 Å². The predicted molar refractivity (Wildman–Crippen MR) is 98.7 cm³/mol. The van der Waals surface area contributed by atoms with E-state index >= 15 is 0 Å². The van der Waals surface area contributed by atoms with Crippen LogP contribution in [0, 0.1) is 25.2 Å². The molecule has 1 heterocycles. The minimum absolute atomic E-state index is 0.0257. The molecule has 0 aliphatic heterocycles. The van der Waals surface area contributed by atoms with E-state index in [1.165, 1.54) is 6.07 Å². The van der Waals surface area contributed by atoms with Crippen molar-refractivity contribution >= 4 is 40.1 Å². The maximum atomic E-state index is 11.3. The van der Waals surface area contributed by atoms with Gasteiger partial charge in [0.05, 0.1) is 34.3 Å². The van der Waals surface area contributed by atoms with E-state index in [1.807, 2.05) is 36.7 Å². The highest BCUT2D eigenvalue weighted by Gasteiger charge is 2.17. The van der Waals surface area contributed by atoms with Crippen molar-refractivity contribution in [3.05, 3.63) is 68.3 Å². The molecule has 0 atom stereocenters. The molecule has 4 nitrogen and oxygen atoms in total. The molecular weight excluding hydrogens is 359 g/mol. The summed E-state index contributed by atoms with van der Waals surface area (Å²) >= 11 is 12.6. The van der Waals surface area contributed by atoms with Crippen molar-refractivity contribution in [2.75, 3.05) is 0 Å². The van der Waals surface area contributed by atoms with Crippen molar-refractivity contribution < 1.29 is 9.90 Å². The number of aromatic nitrogens is 1. The van der Waals surface area contributed by atoms with Crippen molar-refractivity contribution in [2.24, 2.45) is 0 Å². The second-order valence-electron chi connectivity index (χ2n) is 5.93. The van der Waals surface area contributed by atoms with Gasteiger partial charge in [0.15, 0.2) is 0 Å². The normalized spacial score (nSPS) is 10.8. The standard InChI is InChI=1S/C19H14Cl2N2O2/c1-10-5-12(7-22)6-14-11(2)8-23(18(10)14)9-15-16(20)4-3-13(17(15)21)19(24)25/h3-6,8H,9H2,1-2H3,(H,24,25). The minimum Gasteiger partial charge on any atom is -0.478 e. The number of carbonyl (C=O) groups is 1. The zero-order valence-electron chi connectivity index (χ0n) is 13.6. The topological polar surface area (TPSA) is 66.0 Å². The van der Waals surface area contributed by atoms with Gasteiger partial charge < -0.3 is 9.67 Å². The number of aryl methyl sites for hydroxylation is 2. The molecule has 0 aliphatic rings. The summed E-state index contributed by atoms with van der Waals surface area (Å²) in [5, 5.41) is 20.0. The van der Waals surface area contributed by atoms with Crippen molar-refractivity contribution in [3.63, 3.8) is 0 Å². The van der Waals surface area contributed by atoms with Gasteiger partial charge in [-0.25, -0.2) is 4.79 Å². The van der Waals surface area contributed by atoms with Crippen LogP contribution in [0.15, 0.2) is 30.5 Å². The fourth-order valence-electron chi connectivity index (χ4n) is 3.10. The van der Waals surface area contributed by atoms with Crippen LogP contribution in [0.5, 0.6) is 0 Å². The molecule has 0 saturated heterocycles. The first-order valence-corrected chi connectivity index (χ1v) is 8.29. The number of carboxylic acids is 1. The molecule has 3 aromatic rings. The van der Waals surface area contributed by atoms with Gasteiger partial charge in [0.25, 0.3) is 0 Å². The molecule has 0 aliphatic carbocycles. The van der Waals surface area contributed by atoms with E-state index in [2.05, 4.69) is 6.07 Å². The molecule has 0 saturated carbocycles. The molecule has 1 aromatic heterocycles. The van der Waals surface area contributed by atoms with Crippen LogP contribution in [-0.2, 0) is 6.54 Å². The first-order chi connectivity index (χ1) is 11.8. The van der Waals surface area contributed by atoms with E-state index in [0.717, 1.165) is 22.0 Å². The van der Waals surface area contributed by atoms with Crippen molar-refractivity contribution in [1.82, 2.24) is 4.57 Å². The van der Waals surface area contributed by atoms with Gasteiger partial charge in [0, 0.05) is 22.2 Å². The molecular formula is C19H14Cl2N2O2. The van der Waals surface area contributed by atoms with Crippen LogP contribution < -0.4 is 0 Å². The summed E-state index contributed by atoms with van der Waals surface area (Å²) in [7, 11) is 0. The third-order valence-electron chi connectivity index (χ3n) is 4.24. The Labute approximate surface area is 154 Å². The van der Waals surface area contributed by atoms with Crippen LogP contribution in [0.2, 0.25) is 10.0 Å². The Morgan fingerprint density at radius 2 is 1.96 bits per heavy atom. The van der Waals surface area contributed by atoms with Gasteiger partial charge in [-0.15, -0.1) is 0 Å². The van der Waals surface area contributed by atoms with Crippen LogP contribution in [0.3, 0.4) is 0 Å². The van der Waals surface area contributed by atoms with E-state index in [0.29, 0.717) is 22.7 Å². The van der Waals surface area contributed by atoms with Crippen molar-refractivity contribution in [1.29, 1.82) is 5.26 Å². The van der Waals surface area contributed by atoms with Crippen molar-refractivity contribution in [3.8, 4) is 6.07 Å². The molecule has 0 spiro atoms. The number of halogens is 2. The van der Waals surface area contributed by atoms with Gasteiger partial charge in [0.1, 0.15) is 0 Å². The monoisotopic (exact) mass is 372 g/mol. The zero-order chi connectivity index (χ0) is 18.3. The van der Waals surface area contributed by atoms with E-state index in [9.17, 15) is 9.90 Å². The van der Waals surface area contributed by atoms with Crippen molar-refractivity contribution in [2.45, 2.75) is 20.4 Å². The Morgan fingerprint density at radius 3 is 2.60 bits per heavy atom. The third kappa shape index (κ3) is 2.97. The highest BCUT2D eigenvalue weighted by Crippen LogP contribution is 2.32. The quantitative estimate of drug-likeness (QED) is 0.688. The Kier molecular flexibility index (Phi) is 4.47. The SMILES string of the molecule is Cc1cn(Cc2c(Cl)ccc(C(=O)O)c2Cl)c2c(C)cc(C#N)cc12. The summed E-state index contributed by atoms with van der Waals surface area (Å²) < 4.78 is 1.99. The van der Waals surface area contributed by atoms with Crippen LogP contribution in [0.25, 0.3) is 10.9 Å². The summed E-state index contributed by atoms with van der Waals surface area (Å²) in [5.74, 6) is -1.09. The van der Waals surface area contributed by atoms with Gasteiger partial charge in [-0.05, 0) is 49.2 Å². The number of aromatic carboxylic acids is 1. The molecule has 3 rings (SSSR count). The molecule has 0 radical (unpaired) electrons. The molecule has 126 valence electrons. The van der Waals surface area contributed by atoms with Gasteiger partial charge in [-0.1, -0.05) is 23.2 Å². The van der Waals surface area contributed by atoms with Crippen LogP contribution in [0.4, 0.5) is 0 Å². The Hall–Kier alpha value is -2.48. The van der Waals surface area contributed by atoms with Gasteiger partial charge in [-0.2, -0.15) is 5.26 Å². The number of nitrogens with zero attached hydrogens (tertiary/aromatic N) is 2. The second kappa shape index (κ2) is 6.44. The number of fused-ring (bicyclic) bond motifs is 1. The molecule has 1 N–H and O–H groups in total. The highest BCUT2D eigenvalue weighted by molar-refractivity contribution is 6.37. The van der Waals surface area contributed by atoms with Crippen LogP contribution >= 0.6 is 23.2 Å². The Morgan fingerprint density at radius 1 is 1.24 bits per heavy atom. The number of nitriles is 1. The highest BCUT2D eigenvalue weighted by atomic mass is 35.5. The molecule has 2 aromatic carbocycles. The number of rotatable bonds is 3. The first-order valence-electron chi connectivity index (χ1n) is 7.53. The zero-order valence-corrected chi connectivity index (χ0v) is 15.1. The second-order valence-corrected chi connectivity index (χ2v) is 6.72. The largest absolute Gasteiger partial charge is 0.478 e. The fourth-order valence-corrected chi connectivity index (χ4v) is 3.67. The van der Waals surface area contributed by atoms with Crippen LogP contribution in [-0.4, -0.2) is 15.6 Å². The van der Waals surface area contributed by atoms with Crippen LogP contribution in [0.1, 0.15) is 32.6 Å². The Balaban J connectivity index is 2.19. The van der Waals surface area contributed by atoms with Gasteiger partial charge in [0.2, 0.25) is 0 Å². The van der Waals surface area contributed by atoms with Gasteiger partial charge in [-0.3, -0.25) is 0 Å². The lowest BCUT2D eigenvalue weighted by Gasteiger charge is -2.13. The maximum Gasteiger partial charge on any atom is 0.337 e. The summed E-state index contributed by atoms with van der Waals surface area (Å²) in [5.41, 5.74) is 4.15. The number of hydrogen-bond acceptors (Lipinski definition) is 2. The predicted octanol–water partition coefficient (Wildman–Crippen LogP) is 5.18. The molecule has 6 heteroatoms. The minimum atomic E-state index is -1.09. The summed E-state index contributed by atoms with van der Waals surface area (Å²) in [6.45, 7) is 4.25. The summed E-state index contributed by atoms with van der Waals surface area (Å²) in [6.07, 6.45) is 1.96. The lowest BCUT2D eigenvalue weighted by atomic mass is 10.1. The molecule has 0 unspecified atom stereocenters. The average molecular weight is 373 g/mol. The van der Waals surface area contributed by atoms with E-state index in [-0.39, 0.29) is 10.6 Å². The Bertz CT molecular complexity index is 1060. The molecule has 0 bridgehead atoms. The lowest BCUT2D eigenvalue weighted by molar-refractivity contribution is 0.0697. The third-order valence-corrected chi connectivity index (χ3v) is 5.02. The molecule has 25 heavy (non-hydrogen) atoms. The number of carboxylic acid groups (broad SMARTS) is 1. The number of benzene rings is 2. The molecule has 0 fully saturated rings. The first kappa shape index (κ1) is 17.3. The smallest absolute Gasteiger partial charge is 0.337 e. The van der Waals surface area contributed by atoms with E-state index in [1.54, 1.807) is 6.07 Å². The average Bonchev–Trinajstić information content (AvgIpc) is 2.87. The number of hydrogen-bond donors (Lipinski definition) is 1.